The van der Waals surface area contributed by atoms with Crippen LogP contribution in [-0.4, -0.2) is 128 Å². The maximum Gasteiger partial charge on any atom is 0.330 e. The molecule has 0 spiro atoms. The number of nitrogens with zero attached hydrogens (tertiary/aromatic N) is 3. The molecular weight excluding hydrogens is 1260 g/mol. The zero-order valence-electron chi connectivity index (χ0n) is 64.4. The molecule has 0 aliphatic carbocycles. The van der Waals surface area contributed by atoms with E-state index in [0.717, 1.165) is 131 Å². The molecule has 12 N–H and O–H groups in total. The molecule has 0 saturated heterocycles. The Labute approximate surface area is 601 Å². The number of nitrogens with two attached hydrogens (primary N) is 2. The lowest BCUT2D eigenvalue weighted by molar-refractivity contribution is -0.123. The fraction of sp³-hybridized carbons (Fsp3) is 0.821. The number of nitrogens with one attached hydrogen (secondary N) is 8. The Hall–Kier alpha value is -4.43. The molecule has 570 valence electrons. The van der Waals surface area contributed by atoms with Gasteiger partial charge in [-0.05, 0) is 175 Å². The van der Waals surface area contributed by atoms with Gasteiger partial charge in [0.25, 0.3) is 5.91 Å². The number of aromatic amines is 1. The fourth-order valence-electron chi connectivity index (χ4n) is 12.9. The normalized spacial score (nSPS) is 14.6. The molecule has 0 radical (unpaired) electrons. The SMILES string of the molecule is CCCCNc1nc(N)c2[nH]c(=O)n(Cc3ccc(C(=O)NCC(=O)NCCCCC(NCCCP(=O)(OCCC(C)CCCC(C)CCCC(C)CCCC(C)C)OCC[C@@H](C)CCCC(C)CCCC(C)CCCC(C)C)C(=O)NCCCNCCCCNCCCN)cc3)c2n1. The summed E-state index contributed by atoms with van der Waals surface area (Å²) >= 11 is 0. The van der Waals surface area contributed by atoms with Gasteiger partial charge < -0.3 is 62.7 Å². The average molecular weight is 1410 g/mol. The summed E-state index contributed by atoms with van der Waals surface area (Å²) in [5, 5.41) is 22.4. The number of anilines is 2. The van der Waals surface area contributed by atoms with Crippen LogP contribution in [0.25, 0.3) is 11.2 Å². The smallest absolute Gasteiger partial charge is 0.330 e. The summed E-state index contributed by atoms with van der Waals surface area (Å²) in [6, 6.07) is 6.33. The Bertz CT molecular complexity index is 2620. The van der Waals surface area contributed by atoms with Crippen molar-refractivity contribution in [3.63, 3.8) is 0 Å². The molecule has 2 aromatic heterocycles. The molecule has 3 rings (SSSR count). The molecule has 0 fully saturated rings. The van der Waals surface area contributed by atoms with E-state index < -0.39 is 19.5 Å². The number of hydrogen-bond donors (Lipinski definition) is 10. The number of carbonyl (C=O) groups is 3. The Kier molecular flexibility index (Phi) is 48.7. The first-order chi connectivity index (χ1) is 47.6. The lowest BCUT2D eigenvalue weighted by Gasteiger charge is -2.22. The van der Waals surface area contributed by atoms with Gasteiger partial charge in [-0.2, -0.15) is 9.97 Å². The van der Waals surface area contributed by atoms with Crippen LogP contribution in [0.5, 0.6) is 0 Å². The van der Waals surface area contributed by atoms with Crippen molar-refractivity contribution in [1.29, 1.82) is 0 Å². The number of nitrogen functional groups attached to an aromatic ring is 1. The van der Waals surface area contributed by atoms with E-state index in [-0.39, 0.29) is 42.6 Å². The largest absolute Gasteiger partial charge is 0.382 e. The first-order valence-corrected chi connectivity index (χ1v) is 41.5. The second-order valence-corrected chi connectivity index (χ2v) is 32.8. The van der Waals surface area contributed by atoms with E-state index in [1.54, 1.807) is 24.3 Å². The number of unbranched alkanes of at least 4 members (excludes halogenated alkanes) is 3. The molecule has 2 heterocycles. The van der Waals surface area contributed by atoms with Gasteiger partial charge in [0.05, 0.1) is 38.5 Å². The van der Waals surface area contributed by atoms with Crippen LogP contribution in [0.15, 0.2) is 29.1 Å². The van der Waals surface area contributed by atoms with E-state index in [0.29, 0.717) is 106 Å². The van der Waals surface area contributed by atoms with Crippen LogP contribution in [0, 0.1) is 47.3 Å². The molecule has 1 aromatic carbocycles. The van der Waals surface area contributed by atoms with Gasteiger partial charge in [-0.1, -0.05) is 210 Å². The quantitative estimate of drug-likeness (QED) is 0.0186. The minimum atomic E-state index is -3.45. The minimum absolute atomic E-state index is 0.0825. The van der Waals surface area contributed by atoms with E-state index in [2.05, 4.69) is 128 Å². The third-order valence-corrected chi connectivity index (χ3v) is 21.7. The molecule has 99 heavy (non-hydrogen) atoms. The van der Waals surface area contributed by atoms with Crippen LogP contribution in [0.1, 0.15) is 285 Å². The summed E-state index contributed by atoms with van der Waals surface area (Å²) in [6.07, 6.45) is 33.2. The standard InChI is InChI=1S/C78H146N13O7P/c1-12-13-51-86-77-89-73(80)72-74(90-77)91(78(95)88-72)59-68-40-42-69(43-41-68)75(93)87-58-71(92)84-52-15-14-39-70(76(94)85-53-25-50-82-48-17-16-47-81-49-24-46-79)83-54-26-57-99(96,97-55-44-66(10)37-22-35-64(8)33-20-31-62(6)29-18-27-60(2)3)98-56-45-67(11)38-23-36-65(9)34-21-32-63(7)30-19-28-61(4)5/h40-43,60-67,70,81-83H,12-39,44-59,79H2,1-11H3,(H,84,92)(H,85,94)(H,87,93)(H,88,95)(H3,80,86,89,90)/t62?,63?,64?,65?,66-,67?,70?,99?/m0/s1. The molecule has 21 heteroatoms. The van der Waals surface area contributed by atoms with Gasteiger partial charge in [0.2, 0.25) is 17.8 Å². The Morgan fingerprint density at radius 1 is 0.535 bits per heavy atom. The number of aromatic nitrogens is 4. The van der Waals surface area contributed by atoms with E-state index in [9.17, 15) is 23.7 Å². The van der Waals surface area contributed by atoms with E-state index in [1.807, 2.05) is 0 Å². The van der Waals surface area contributed by atoms with Gasteiger partial charge in [-0.15, -0.1) is 0 Å². The first kappa shape index (κ1) is 88.8. The van der Waals surface area contributed by atoms with Gasteiger partial charge in [-0.25, -0.2) is 4.79 Å². The molecule has 0 saturated carbocycles. The lowest BCUT2D eigenvalue weighted by Crippen LogP contribution is -2.45. The summed E-state index contributed by atoms with van der Waals surface area (Å²) in [4.78, 5) is 64.6. The van der Waals surface area contributed by atoms with Gasteiger partial charge in [0.1, 0.15) is 5.52 Å². The number of hydrogen-bond acceptors (Lipinski definition) is 15. The number of carbonyl (C=O) groups excluding carboxylic acids is 3. The maximum absolute atomic E-state index is 14.7. The van der Waals surface area contributed by atoms with Crippen molar-refractivity contribution in [1.82, 2.24) is 51.4 Å². The minimum Gasteiger partial charge on any atom is -0.382 e. The highest BCUT2D eigenvalue weighted by atomic mass is 31.2. The van der Waals surface area contributed by atoms with Crippen LogP contribution >= 0.6 is 7.60 Å². The average Bonchev–Trinajstić information content (AvgIpc) is 1.64. The number of fused-ring (bicyclic) bond motifs is 1. The van der Waals surface area contributed by atoms with Crippen molar-refractivity contribution >= 4 is 48.2 Å². The van der Waals surface area contributed by atoms with Crippen molar-refractivity contribution in [3.05, 3.63) is 45.9 Å². The van der Waals surface area contributed by atoms with Crippen LogP contribution in [-0.2, 0) is 29.7 Å². The molecule has 0 aliphatic heterocycles. The number of H-pyrrole nitrogens is 1. The summed E-state index contributed by atoms with van der Waals surface area (Å²) in [5.41, 5.74) is 13.3. The van der Waals surface area contributed by atoms with Gasteiger partial charge in [0, 0.05) is 25.2 Å². The molecule has 7 unspecified atom stereocenters. The second kappa shape index (κ2) is 54.3. The van der Waals surface area contributed by atoms with Crippen molar-refractivity contribution in [3.8, 4) is 0 Å². The highest BCUT2D eigenvalue weighted by molar-refractivity contribution is 7.53. The summed E-state index contributed by atoms with van der Waals surface area (Å²) in [7, 11) is -3.45. The first-order valence-electron chi connectivity index (χ1n) is 39.8. The second-order valence-electron chi connectivity index (χ2n) is 30.6. The van der Waals surface area contributed by atoms with Crippen molar-refractivity contribution in [2.75, 3.05) is 95.9 Å². The number of rotatable bonds is 64. The Morgan fingerprint density at radius 3 is 1.54 bits per heavy atom. The van der Waals surface area contributed by atoms with E-state index >= 15 is 0 Å². The number of benzene rings is 1. The monoisotopic (exact) mass is 1410 g/mol. The summed E-state index contributed by atoms with van der Waals surface area (Å²) in [6.45, 7) is 32.8. The number of imidazole rings is 1. The molecular formula is C78H146N13O7P. The zero-order chi connectivity index (χ0) is 72.5. The maximum atomic E-state index is 14.7. The molecule has 3 aromatic rings. The Morgan fingerprint density at radius 2 is 1.02 bits per heavy atom. The van der Waals surface area contributed by atoms with Gasteiger partial charge >= 0.3 is 13.3 Å². The van der Waals surface area contributed by atoms with Crippen LogP contribution < -0.4 is 54.4 Å². The van der Waals surface area contributed by atoms with Crippen LogP contribution in [0.2, 0.25) is 0 Å². The summed E-state index contributed by atoms with van der Waals surface area (Å²) in [5.74, 6) is 5.29. The Balaban J connectivity index is 1.56. The van der Waals surface area contributed by atoms with Crippen molar-refractivity contribution < 1.29 is 28.0 Å². The van der Waals surface area contributed by atoms with Crippen molar-refractivity contribution in [2.24, 2.45) is 53.1 Å². The third-order valence-electron chi connectivity index (χ3n) is 19.7. The molecule has 3 amide bonds. The number of amides is 3. The highest BCUT2D eigenvalue weighted by Crippen LogP contribution is 2.49. The van der Waals surface area contributed by atoms with E-state index in [1.165, 1.54) is 107 Å². The molecule has 8 atom stereocenters. The molecule has 0 bridgehead atoms. The topological polar surface area (TPSA) is 287 Å². The highest BCUT2D eigenvalue weighted by Gasteiger charge is 2.27. The lowest BCUT2D eigenvalue weighted by atomic mass is 9.91. The van der Waals surface area contributed by atoms with Crippen LogP contribution in [0.3, 0.4) is 0 Å². The van der Waals surface area contributed by atoms with Gasteiger partial charge in [0.15, 0.2) is 11.5 Å². The zero-order valence-corrected chi connectivity index (χ0v) is 65.3. The van der Waals surface area contributed by atoms with E-state index in [4.69, 9.17) is 20.5 Å². The molecule has 20 nitrogen and oxygen atoms in total. The summed E-state index contributed by atoms with van der Waals surface area (Å²) < 4.78 is 28.9. The van der Waals surface area contributed by atoms with Gasteiger partial charge in [-0.3, -0.25) is 23.5 Å². The predicted molar refractivity (Wildman–Crippen MR) is 415 cm³/mol. The fourth-order valence-corrected chi connectivity index (χ4v) is 14.5. The van der Waals surface area contributed by atoms with Crippen LogP contribution in [0.4, 0.5) is 11.8 Å². The molecule has 0 aliphatic rings. The third kappa shape index (κ3) is 42.7. The van der Waals surface area contributed by atoms with Crippen molar-refractivity contribution in [2.45, 2.75) is 281 Å². The predicted octanol–water partition coefficient (Wildman–Crippen LogP) is 15.3.